The molecule has 0 N–H and O–H groups in total. The number of fused-ring (bicyclic) bond motifs is 1. The smallest absolute Gasteiger partial charge is 0.227 e. The quantitative estimate of drug-likeness (QED) is 0.839. The van der Waals surface area contributed by atoms with Crippen molar-refractivity contribution >= 4 is 23.1 Å². The second-order valence-corrected chi connectivity index (χ2v) is 7.47. The molecule has 6 heteroatoms. The van der Waals surface area contributed by atoms with Crippen LogP contribution in [0.4, 0.5) is 10.2 Å². The third-order valence-corrected chi connectivity index (χ3v) is 5.95. The molecule has 1 unspecified atom stereocenters. The molecule has 2 aliphatic heterocycles. The maximum atomic E-state index is 14.0. The monoisotopic (exact) mass is 345 g/mol. The zero-order chi connectivity index (χ0) is 16.5. The fourth-order valence-electron chi connectivity index (χ4n) is 3.68. The van der Waals surface area contributed by atoms with Gasteiger partial charge in [-0.1, -0.05) is 0 Å². The van der Waals surface area contributed by atoms with Crippen LogP contribution in [0.2, 0.25) is 0 Å². The molecule has 1 amide bonds. The van der Waals surface area contributed by atoms with E-state index < -0.39 is 0 Å². The molecule has 0 spiro atoms. The van der Waals surface area contributed by atoms with Gasteiger partial charge in [-0.25, -0.2) is 9.37 Å². The molecular formula is C18H20FN3OS. The minimum Gasteiger partial charge on any atom is -0.353 e. The number of halogens is 1. The van der Waals surface area contributed by atoms with Gasteiger partial charge in [0.1, 0.15) is 0 Å². The summed E-state index contributed by atoms with van der Waals surface area (Å²) in [4.78, 5) is 22.4. The lowest BCUT2D eigenvalue weighted by Crippen LogP contribution is -2.46. The topological polar surface area (TPSA) is 36.4 Å². The van der Waals surface area contributed by atoms with Crippen LogP contribution in [0.15, 0.2) is 29.8 Å². The van der Waals surface area contributed by atoms with E-state index in [-0.39, 0.29) is 17.6 Å². The molecule has 2 aromatic heterocycles. The van der Waals surface area contributed by atoms with Gasteiger partial charge in [0, 0.05) is 37.3 Å². The summed E-state index contributed by atoms with van der Waals surface area (Å²) in [5.41, 5.74) is 1.28. The van der Waals surface area contributed by atoms with Crippen molar-refractivity contribution in [3.8, 4) is 0 Å². The fraction of sp³-hybridized carbons (Fsp3) is 0.444. The van der Waals surface area contributed by atoms with Crippen molar-refractivity contribution in [3.05, 3.63) is 46.0 Å². The number of amides is 1. The van der Waals surface area contributed by atoms with E-state index in [0.29, 0.717) is 18.9 Å². The summed E-state index contributed by atoms with van der Waals surface area (Å²) in [6.07, 6.45) is 4.32. The van der Waals surface area contributed by atoms with Crippen LogP contribution in [-0.4, -0.2) is 35.4 Å². The van der Waals surface area contributed by atoms with E-state index in [0.717, 1.165) is 32.4 Å². The van der Waals surface area contributed by atoms with Crippen molar-refractivity contribution in [3.63, 3.8) is 0 Å². The maximum absolute atomic E-state index is 14.0. The number of piperidine rings is 1. The van der Waals surface area contributed by atoms with E-state index in [4.69, 9.17) is 0 Å². The van der Waals surface area contributed by atoms with Crippen molar-refractivity contribution in [2.75, 3.05) is 24.5 Å². The average molecular weight is 345 g/mol. The Morgan fingerprint density at radius 2 is 2.25 bits per heavy atom. The van der Waals surface area contributed by atoms with Gasteiger partial charge in [-0.3, -0.25) is 4.79 Å². The molecule has 4 rings (SSSR count). The third-order valence-electron chi connectivity index (χ3n) is 4.93. The van der Waals surface area contributed by atoms with Gasteiger partial charge in [-0.05, 0) is 48.4 Å². The number of hydrogen-bond acceptors (Lipinski definition) is 4. The Hall–Kier alpha value is -1.95. The Morgan fingerprint density at radius 1 is 1.33 bits per heavy atom. The van der Waals surface area contributed by atoms with Crippen LogP contribution in [0.25, 0.3) is 0 Å². The highest BCUT2D eigenvalue weighted by Gasteiger charge is 2.32. The SMILES string of the molecule is O=C(C1CCCN(c2ncccc2F)C1)N1CCc2sccc2C1. The first-order chi connectivity index (χ1) is 11.7. The number of aromatic nitrogens is 1. The van der Waals surface area contributed by atoms with E-state index in [1.54, 1.807) is 23.6 Å². The number of hydrogen-bond donors (Lipinski definition) is 0. The zero-order valence-corrected chi connectivity index (χ0v) is 14.3. The van der Waals surface area contributed by atoms with E-state index in [2.05, 4.69) is 16.4 Å². The Balaban J connectivity index is 1.46. The Bertz CT molecular complexity index is 747. The molecule has 1 fully saturated rings. The van der Waals surface area contributed by atoms with Gasteiger partial charge in [0.15, 0.2) is 11.6 Å². The Labute approximate surface area is 144 Å². The Kier molecular flexibility index (Phi) is 4.22. The van der Waals surface area contributed by atoms with Crippen molar-refractivity contribution in [1.82, 2.24) is 9.88 Å². The van der Waals surface area contributed by atoms with Crippen LogP contribution < -0.4 is 4.90 Å². The predicted octanol–water partition coefficient (Wildman–Crippen LogP) is 3.08. The molecule has 1 saturated heterocycles. The third kappa shape index (κ3) is 2.90. The first-order valence-corrected chi connectivity index (χ1v) is 9.30. The standard InChI is InChI=1S/C18H20FN3OS/c19-15-4-1-7-20-17(15)21-8-2-3-14(12-21)18(23)22-9-5-16-13(11-22)6-10-24-16/h1,4,6-7,10,14H,2-3,5,8-9,11-12H2. The van der Waals surface area contributed by atoms with Crippen molar-refractivity contribution in [2.24, 2.45) is 5.92 Å². The van der Waals surface area contributed by atoms with Gasteiger partial charge >= 0.3 is 0 Å². The van der Waals surface area contributed by atoms with E-state index in [1.165, 1.54) is 16.5 Å². The number of anilines is 1. The molecule has 4 nitrogen and oxygen atoms in total. The molecule has 4 heterocycles. The molecule has 0 radical (unpaired) electrons. The van der Waals surface area contributed by atoms with Crippen molar-refractivity contribution in [2.45, 2.75) is 25.8 Å². The van der Waals surface area contributed by atoms with Gasteiger partial charge in [0.2, 0.25) is 5.91 Å². The van der Waals surface area contributed by atoms with Gasteiger partial charge in [0.25, 0.3) is 0 Å². The second kappa shape index (κ2) is 6.51. The molecule has 1 atom stereocenters. The van der Waals surface area contributed by atoms with Crippen LogP contribution >= 0.6 is 11.3 Å². The highest BCUT2D eigenvalue weighted by Crippen LogP contribution is 2.28. The van der Waals surface area contributed by atoms with Gasteiger partial charge in [0.05, 0.1) is 5.92 Å². The predicted molar refractivity (Wildman–Crippen MR) is 92.6 cm³/mol. The normalized spacial score (nSPS) is 20.8. The second-order valence-electron chi connectivity index (χ2n) is 6.47. The lowest BCUT2D eigenvalue weighted by molar-refractivity contribution is -0.136. The maximum Gasteiger partial charge on any atom is 0.227 e. The molecular weight excluding hydrogens is 325 g/mol. The van der Waals surface area contributed by atoms with Crippen molar-refractivity contribution in [1.29, 1.82) is 0 Å². The van der Waals surface area contributed by atoms with Crippen LogP contribution in [0, 0.1) is 11.7 Å². The van der Waals surface area contributed by atoms with Gasteiger partial charge < -0.3 is 9.80 Å². The summed E-state index contributed by atoms with van der Waals surface area (Å²) in [5.74, 6) is 0.188. The highest BCUT2D eigenvalue weighted by molar-refractivity contribution is 7.10. The molecule has 2 aliphatic rings. The van der Waals surface area contributed by atoms with Gasteiger partial charge in [-0.2, -0.15) is 0 Å². The number of nitrogens with zero attached hydrogens (tertiary/aromatic N) is 3. The molecule has 24 heavy (non-hydrogen) atoms. The number of carbonyl (C=O) groups excluding carboxylic acids is 1. The van der Waals surface area contributed by atoms with E-state index in [9.17, 15) is 9.18 Å². The average Bonchev–Trinajstić information content (AvgIpc) is 3.09. The summed E-state index contributed by atoms with van der Waals surface area (Å²) < 4.78 is 14.0. The lowest BCUT2D eigenvalue weighted by atomic mass is 9.95. The van der Waals surface area contributed by atoms with E-state index >= 15 is 0 Å². The molecule has 0 aliphatic carbocycles. The Morgan fingerprint density at radius 3 is 3.12 bits per heavy atom. The lowest BCUT2D eigenvalue weighted by Gasteiger charge is -2.36. The van der Waals surface area contributed by atoms with Crippen LogP contribution in [0.3, 0.4) is 0 Å². The largest absolute Gasteiger partial charge is 0.353 e. The highest BCUT2D eigenvalue weighted by atomic mass is 32.1. The molecule has 126 valence electrons. The molecule has 2 aromatic rings. The van der Waals surface area contributed by atoms with E-state index in [1.807, 2.05) is 9.80 Å². The first kappa shape index (κ1) is 15.6. The number of rotatable bonds is 2. The minimum atomic E-state index is -0.313. The summed E-state index contributed by atoms with van der Waals surface area (Å²) in [7, 11) is 0. The number of thiophene rings is 1. The summed E-state index contributed by atoms with van der Waals surface area (Å²) in [6, 6.07) is 5.14. The van der Waals surface area contributed by atoms with Crippen LogP contribution in [0.1, 0.15) is 23.3 Å². The van der Waals surface area contributed by atoms with Crippen molar-refractivity contribution < 1.29 is 9.18 Å². The first-order valence-electron chi connectivity index (χ1n) is 8.42. The molecule has 0 aromatic carbocycles. The van der Waals surface area contributed by atoms with Gasteiger partial charge in [-0.15, -0.1) is 11.3 Å². The summed E-state index contributed by atoms with van der Waals surface area (Å²) in [6.45, 7) is 2.82. The minimum absolute atomic E-state index is 0.0691. The van der Waals surface area contributed by atoms with Crippen LogP contribution in [0.5, 0.6) is 0 Å². The zero-order valence-electron chi connectivity index (χ0n) is 13.4. The number of carbonyl (C=O) groups is 1. The number of pyridine rings is 1. The fourth-order valence-corrected chi connectivity index (χ4v) is 4.57. The summed E-state index contributed by atoms with van der Waals surface area (Å²) >= 11 is 1.78. The molecule has 0 bridgehead atoms. The summed E-state index contributed by atoms with van der Waals surface area (Å²) in [5, 5.41) is 2.10. The van der Waals surface area contributed by atoms with Crippen LogP contribution in [-0.2, 0) is 17.8 Å². The molecule has 0 saturated carbocycles.